The van der Waals surface area contributed by atoms with Gasteiger partial charge in [-0.3, -0.25) is 0 Å². The molecule has 0 aliphatic heterocycles. The van der Waals surface area contributed by atoms with Crippen molar-refractivity contribution >= 4 is 0 Å². The Morgan fingerprint density at radius 2 is 2.00 bits per heavy atom. The molecule has 2 nitrogen and oxygen atoms in total. The van der Waals surface area contributed by atoms with Crippen molar-refractivity contribution < 1.29 is 9.84 Å². The van der Waals surface area contributed by atoms with E-state index in [0.717, 1.165) is 32.3 Å². The molecule has 0 aliphatic rings. The molecule has 68 valence electrons. The highest BCUT2D eigenvalue weighted by molar-refractivity contribution is 4.51. The zero-order chi connectivity index (χ0) is 8.53. The lowest BCUT2D eigenvalue weighted by atomic mass is 10.2. The van der Waals surface area contributed by atoms with Crippen molar-refractivity contribution in [3.8, 4) is 0 Å². The number of ether oxygens (including phenoxy) is 1. The van der Waals surface area contributed by atoms with E-state index in [0.29, 0.717) is 6.61 Å². The minimum Gasteiger partial charge on any atom is -0.391 e. The number of hydrogen-bond donors (Lipinski definition) is 1. The van der Waals surface area contributed by atoms with Crippen LogP contribution in [0.4, 0.5) is 0 Å². The van der Waals surface area contributed by atoms with Gasteiger partial charge in [-0.1, -0.05) is 26.7 Å². The molecule has 0 aromatic rings. The van der Waals surface area contributed by atoms with Gasteiger partial charge in [0.15, 0.2) is 0 Å². The largest absolute Gasteiger partial charge is 0.391 e. The number of rotatable bonds is 7. The fourth-order valence-electron chi connectivity index (χ4n) is 0.882. The van der Waals surface area contributed by atoms with Gasteiger partial charge in [0, 0.05) is 6.61 Å². The maximum absolute atomic E-state index is 9.22. The predicted molar refractivity (Wildman–Crippen MR) is 46.6 cm³/mol. The number of aliphatic hydroxyl groups excluding tert-OH is 1. The van der Waals surface area contributed by atoms with Crippen LogP contribution >= 0.6 is 0 Å². The molecule has 1 N–H and O–H groups in total. The summed E-state index contributed by atoms with van der Waals surface area (Å²) in [6, 6.07) is 0. The van der Waals surface area contributed by atoms with Crippen molar-refractivity contribution in [2.24, 2.45) is 0 Å². The molecule has 0 bridgehead atoms. The summed E-state index contributed by atoms with van der Waals surface area (Å²) in [4.78, 5) is 0. The Labute approximate surface area is 69.6 Å². The van der Waals surface area contributed by atoms with Crippen LogP contribution in [0.1, 0.15) is 39.5 Å². The van der Waals surface area contributed by atoms with Crippen LogP contribution in [0.25, 0.3) is 0 Å². The number of unbranched alkanes of at least 4 members (excludes halogenated alkanes) is 1. The van der Waals surface area contributed by atoms with Gasteiger partial charge in [0.05, 0.1) is 12.7 Å². The summed E-state index contributed by atoms with van der Waals surface area (Å²) < 4.78 is 5.24. The Hall–Kier alpha value is -0.0800. The molecule has 0 saturated carbocycles. The average molecular weight is 160 g/mol. The summed E-state index contributed by atoms with van der Waals surface area (Å²) in [6.07, 6.45) is 3.88. The third kappa shape index (κ3) is 7.82. The van der Waals surface area contributed by atoms with Crippen molar-refractivity contribution in [1.29, 1.82) is 0 Å². The van der Waals surface area contributed by atoms with E-state index in [1.54, 1.807) is 0 Å². The van der Waals surface area contributed by atoms with Gasteiger partial charge in [-0.15, -0.1) is 0 Å². The quantitative estimate of drug-likeness (QED) is 0.577. The fourth-order valence-corrected chi connectivity index (χ4v) is 0.882. The molecular weight excluding hydrogens is 140 g/mol. The van der Waals surface area contributed by atoms with E-state index in [9.17, 15) is 5.11 Å². The Bertz CT molecular complexity index is 74.0. The zero-order valence-electron chi connectivity index (χ0n) is 7.68. The summed E-state index contributed by atoms with van der Waals surface area (Å²) in [7, 11) is 0. The average Bonchev–Trinajstić information content (AvgIpc) is 1.99. The highest BCUT2D eigenvalue weighted by Gasteiger charge is 2.00. The Morgan fingerprint density at radius 1 is 1.27 bits per heavy atom. The van der Waals surface area contributed by atoms with E-state index in [4.69, 9.17) is 4.74 Å². The first-order valence-corrected chi connectivity index (χ1v) is 4.57. The molecule has 0 saturated heterocycles. The fraction of sp³-hybridized carbons (Fsp3) is 1.00. The minimum absolute atomic E-state index is 0.253. The van der Waals surface area contributed by atoms with Crippen LogP contribution in [0.3, 0.4) is 0 Å². The second-order valence-corrected chi connectivity index (χ2v) is 2.87. The molecule has 0 spiro atoms. The van der Waals surface area contributed by atoms with Gasteiger partial charge in [-0.2, -0.15) is 0 Å². The van der Waals surface area contributed by atoms with Crippen LogP contribution in [0.5, 0.6) is 0 Å². The van der Waals surface area contributed by atoms with E-state index in [1.807, 2.05) is 0 Å². The third-order valence-corrected chi connectivity index (χ3v) is 1.57. The second-order valence-electron chi connectivity index (χ2n) is 2.87. The van der Waals surface area contributed by atoms with Gasteiger partial charge < -0.3 is 9.84 Å². The molecule has 2 heteroatoms. The van der Waals surface area contributed by atoms with Crippen LogP contribution in [-0.4, -0.2) is 24.4 Å². The molecule has 0 aromatic heterocycles. The van der Waals surface area contributed by atoms with Gasteiger partial charge in [0.2, 0.25) is 0 Å². The van der Waals surface area contributed by atoms with E-state index < -0.39 is 0 Å². The first kappa shape index (κ1) is 10.9. The Kier molecular flexibility index (Phi) is 7.96. The van der Waals surface area contributed by atoms with Gasteiger partial charge in [0.25, 0.3) is 0 Å². The smallest absolute Gasteiger partial charge is 0.0773 e. The lowest BCUT2D eigenvalue weighted by Gasteiger charge is -2.08. The van der Waals surface area contributed by atoms with Gasteiger partial charge in [-0.25, -0.2) is 0 Å². The van der Waals surface area contributed by atoms with Crippen molar-refractivity contribution in [2.75, 3.05) is 13.2 Å². The molecule has 0 unspecified atom stereocenters. The van der Waals surface area contributed by atoms with Crippen LogP contribution in [0.15, 0.2) is 0 Å². The minimum atomic E-state index is -0.253. The molecule has 0 amide bonds. The highest BCUT2D eigenvalue weighted by Crippen LogP contribution is 1.97. The van der Waals surface area contributed by atoms with Crippen LogP contribution < -0.4 is 0 Å². The van der Waals surface area contributed by atoms with Crippen molar-refractivity contribution in [2.45, 2.75) is 45.6 Å². The summed E-state index contributed by atoms with van der Waals surface area (Å²) in [5.41, 5.74) is 0. The molecule has 1 atom stereocenters. The van der Waals surface area contributed by atoms with Gasteiger partial charge in [0.1, 0.15) is 0 Å². The van der Waals surface area contributed by atoms with Gasteiger partial charge in [-0.05, 0) is 12.8 Å². The molecule has 0 heterocycles. The van der Waals surface area contributed by atoms with E-state index >= 15 is 0 Å². The van der Waals surface area contributed by atoms with Crippen molar-refractivity contribution in [3.63, 3.8) is 0 Å². The van der Waals surface area contributed by atoms with Crippen LogP contribution in [-0.2, 0) is 4.74 Å². The Morgan fingerprint density at radius 3 is 2.55 bits per heavy atom. The lowest BCUT2D eigenvalue weighted by Crippen LogP contribution is -2.15. The second kappa shape index (κ2) is 8.02. The van der Waals surface area contributed by atoms with Crippen molar-refractivity contribution in [3.05, 3.63) is 0 Å². The normalized spacial score (nSPS) is 13.4. The monoisotopic (exact) mass is 160 g/mol. The maximum Gasteiger partial charge on any atom is 0.0773 e. The SMILES string of the molecule is CCCCOC[C@@H](O)CCC. The van der Waals surface area contributed by atoms with Gasteiger partial charge >= 0.3 is 0 Å². The molecule has 0 fully saturated rings. The first-order valence-electron chi connectivity index (χ1n) is 4.57. The van der Waals surface area contributed by atoms with Crippen molar-refractivity contribution in [1.82, 2.24) is 0 Å². The standard InChI is InChI=1S/C9H20O2/c1-3-5-7-11-8-9(10)6-4-2/h9-10H,3-8H2,1-2H3/t9-/m0/s1. The van der Waals surface area contributed by atoms with E-state index in [1.165, 1.54) is 0 Å². The highest BCUT2D eigenvalue weighted by atomic mass is 16.5. The Balaban J connectivity index is 2.97. The van der Waals surface area contributed by atoms with E-state index in [-0.39, 0.29) is 6.10 Å². The third-order valence-electron chi connectivity index (χ3n) is 1.57. The van der Waals surface area contributed by atoms with Crippen LogP contribution in [0, 0.1) is 0 Å². The topological polar surface area (TPSA) is 29.5 Å². The molecule has 0 radical (unpaired) electrons. The summed E-state index contributed by atoms with van der Waals surface area (Å²) in [5.74, 6) is 0. The predicted octanol–water partition coefficient (Wildman–Crippen LogP) is 1.96. The first-order chi connectivity index (χ1) is 5.31. The molecule has 11 heavy (non-hydrogen) atoms. The van der Waals surface area contributed by atoms with E-state index in [2.05, 4.69) is 13.8 Å². The molecule has 0 aliphatic carbocycles. The van der Waals surface area contributed by atoms with Crippen LogP contribution in [0.2, 0.25) is 0 Å². The maximum atomic E-state index is 9.22. The molecule has 0 rings (SSSR count). The number of hydrogen-bond acceptors (Lipinski definition) is 2. The summed E-state index contributed by atoms with van der Waals surface area (Å²) in [6.45, 7) is 5.49. The lowest BCUT2D eigenvalue weighted by molar-refractivity contribution is 0.0312. The summed E-state index contributed by atoms with van der Waals surface area (Å²) >= 11 is 0. The molecular formula is C9H20O2. The summed E-state index contributed by atoms with van der Waals surface area (Å²) in [5, 5.41) is 9.22. The zero-order valence-corrected chi connectivity index (χ0v) is 7.68. The molecule has 0 aromatic carbocycles. The number of aliphatic hydroxyl groups is 1.